The number of nitrogens with one attached hydrogen (secondary N) is 1. The number of anilines is 2. The number of nitrogens with zero attached hydrogens (tertiary/aromatic N) is 2. The van der Waals surface area contributed by atoms with Crippen LogP contribution in [0.25, 0.3) is 0 Å². The first-order chi connectivity index (χ1) is 13.1. The number of hydrogen-bond donors (Lipinski definition) is 1. The van der Waals surface area contributed by atoms with E-state index in [0.717, 1.165) is 23.1 Å². The standard InChI is InChI=1S/C18H14ClF4N3OS/c1-10-9-24-17(28-10)26(13-4-2-3-11(7-13)18(21,22)23)16(27)25-12-5-6-15(20)14(19)8-12/h2-8,10H,9H2,1H3,(H,25,27). The van der Waals surface area contributed by atoms with E-state index in [-0.39, 0.29) is 26.8 Å². The number of thioether (sulfide) groups is 1. The topological polar surface area (TPSA) is 44.7 Å². The quantitative estimate of drug-likeness (QED) is 0.590. The molecule has 0 fully saturated rings. The maximum absolute atomic E-state index is 13.3. The van der Waals surface area contributed by atoms with Crippen molar-refractivity contribution in [2.24, 2.45) is 4.99 Å². The highest BCUT2D eigenvalue weighted by molar-refractivity contribution is 8.15. The summed E-state index contributed by atoms with van der Waals surface area (Å²) in [5.74, 6) is -0.654. The molecule has 0 radical (unpaired) electrons. The van der Waals surface area contributed by atoms with E-state index >= 15 is 0 Å². The Morgan fingerprint density at radius 3 is 2.64 bits per heavy atom. The summed E-state index contributed by atoms with van der Waals surface area (Å²) in [7, 11) is 0. The molecule has 0 bridgehead atoms. The van der Waals surface area contributed by atoms with Crippen molar-refractivity contribution in [3.8, 4) is 0 Å². The van der Waals surface area contributed by atoms with Gasteiger partial charge in [-0.2, -0.15) is 13.2 Å². The zero-order valence-electron chi connectivity index (χ0n) is 14.4. The molecular formula is C18H14ClF4N3OS. The van der Waals surface area contributed by atoms with Gasteiger partial charge in [-0.3, -0.25) is 4.99 Å². The molecule has 0 saturated heterocycles. The lowest BCUT2D eigenvalue weighted by Crippen LogP contribution is -2.38. The largest absolute Gasteiger partial charge is 0.416 e. The minimum atomic E-state index is -4.56. The second-order valence-electron chi connectivity index (χ2n) is 5.99. The molecule has 0 saturated carbocycles. The van der Waals surface area contributed by atoms with E-state index in [9.17, 15) is 22.4 Å². The van der Waals surface area contributed by atoms with Gasteiger partial charge in [-0.25, -0.2) is 14.1 Å². The predicted molar refractivity (Wildman–Crippen MR) is 104 cm³/mol. The molecule has 1 atom stereocenters. The smallest absolute Gasteiger partial charge is 0.307 e. The first-order valence-electron chi connectivity index (χ1n) is 8.09. The van der Waals surface area contributed by atoms with Crippen LogP contribution in [0.2, 0.25) is 5.02 Å². The van der Waals surface area contributed by atoms with E-state index in [1.54, 1.807) is 0 Å². The number of amidine groups is 1. The summed E-state index contributed by atoms with van der Waals surface area (Å²) in [5, 5.41) is 2.68. The minimum absolute atomic E-state index is 0.0147. The van der Waals surface area contributed by atoms with Crippen molar-refractivity contribution in [1.29, 1.82) is 0 Å². The van der Waals surface area contributed by atoms with Gasteiger partial charge < -0.3 is 5.32 Å². The molecule has 1 unspecified atom stereocenters. The molecule has 1 heterocycles. The number of carbonyl (C=O) groups excluding carboxylic acids is 1. The van der Waals surface area contributed by atoms with Crippen LogP contribution in [0.5, 0.6) is 0 Å². The van der Waals surface area contributed by atoms with Gasteiger partial charge >= 0.3 is 12.2 Å². The monoisotopic (exact) mass is 431 g/mol. The van der Waals surface area contributed by atoms with Crippen molar-refractivity contribution in [2.45, 2.75) is 18.3 Å². The summed E-state index contributed by atoms with van der Waals surface area (Å²) in [6.45, 7) is 2.33. The van der Waals surface area contributed by atoms with E-state index in [1.807, 2.05) is 6.92 Å². The van der Waals surface area contributed by atoms with Crippen LogP contribution in [0.3, 0.4) is 0 Å². The lowest BCUT2D eigenvalue weighted by molar-refractivity contribution is -0.137. The molecule has 28 heavy (non-hydrogen) atoms. The third-order valence-corrected chi connectivity index (χ3v) is 5.15. The molecule has 1 N–H and O–H groups in total. The third kappa shape index (κ3) is 4.59. The summed E-state index contributed by atoms with van der Waals surface area (Å²) in [4.78, 5) is 18.2. The van der Waals surface area contributed by atoms with Crippen molar-refractivity contribution >= 4 is 45.9 Å². The van der Waals surface area contributed by atoms with Gasteiger partial charge in [0.1, 0.15) is 5.82 Å². The van der Waals surface area contributed by atoms with Gasteiger partial charge in [-0.15, -0.1) is 0 Å². The summed E-state index contributed by atoms with van der Waals surface area (Å²) in [5.41, 5.74) is -0.671. The zero-order chi connectivity index (χ0) is 20.5. The highest BCUT2D eigenvalue weighted by Crippen LogP contribution is 2.34. The molecule has 2 aromatic carbocycles. The average Bonchev–Trinajstić information content (AvgIpc) is 3.04. The van der Waals surface area contributed by atoms with Gasteiger partial charge in [0, 0.05) is 10.9 Å². The Morgan fingerprint density at radius 2 is 2.04 bits per heavy atom. The van der Waals surface area contributed by atoms with Crippen LogP contribution in [0.15, 0.2) is 47.5 Å². The summed E-state index contributed by atoms with van der Waals surface area (Å²) in [6.07, 6.45) is -4.56. The van der Waals surface area contributed by atoms with Crippen LogP contribution in [-0.4, -0.2) is 23.0 Å². The molecule has 0 aromatic heterocycles. The molecule has 3 rings (SSSR count). The lowest BCUT2D eigenvalue weighted by atomic mass is 10.2. The van der Waals surface area contributed by atoms with Crippen molar-refractivity contribution in [2.75, 3.05) is 16.8 Å². The Morgan fingerprint density at radius 1 is 1.29 bits per heavy atom. The SMILES string of the molecule is CC1CN=C(N(C(=O)Nc2ccc(F)c(Cl)c2)c2cccc(C(F)(F)F)c2)S1. The number of amides is 2. The van der Waals surface area contributed by atoms with Crippen molar-refractivity contribution < 1.29 is 22.4 Å². The number of benzene rings is 2. The van der Waals surface area contributed by atoms with E-state index in [1.165, 1.54) is 36.0 Å². The van der Waals surface area contributed by atoms with Crippen molar-refractivity contribution in [3.05, 3.63) is 58.9 Å². The number of alkyl halides is 3. The molecule has 10 heteroatoms. The highest BCUT2D eigenvalue weighted by atomic mass is 35.5. The molecule has 1 aliphatic heterocycles. The van der Waals surface area contributed by atoms with E-state index in [0.29, 0.717) is 6.54 Å². The van der Waals surface area contributed by atoms with Crippen LogP contribution in [0.1, 0.15) is 12.5 Å². The molecular weight excluding hydrogens is 418 g/mol. The zero-order valence-corrected chi connectivity index (χ0v) is 16.0. The molecule has 0 aliphatic carbocycles. The Labute approximate surface area is 167 Å². The highest BCUT2D eigenvalue weighted by Gasteiger charge is 2.33. The second kappa shape index (κ2) is 8.00. The number of rotatable bonds is 2. The molecule has 1 aliphatic rings. The number of hydrogen-bond acceptors (Lipinski definition) is 3. The maximum atomic E-state index is 13.3. The van der Waals surface area contributed by atoms with Gasteiger partial charge in [0.2, 0.25) is 0 Å². The number of urea groups is 1. The first-order valence-corrected chi connectivity index (χ1v) is 9.35. The van der Waals surface area contributed by atoms with E-state index < -0.39 is 23.6 Å². The summed E-state index contributed by atoms with van der Waals surface area (Å²) >= 11 is 6.99. The Hall–Kier alpha value is -2.26. The molecule has 148 valence electrons. The average molecular weight is 432 g/mol. The van der Waals surface area contributed by atoms with Crippen LogP contribution >= 0.6 is 23.4 Å². The van der Waals surface area contributed by atoms with E-state index in [2.05, 4.69) is 10.3 Å². The normalized spacial score (nSPS) is 16.6. The van der Waals surface area contributed by atoms with Gasteiger partial charge in [-0.1, -0.05) is 36.4 Å². The Bertz CT molecular complexity index is 935. The molecule has 2 amide bonds. The van der Waals surface area contributed by atoms with Gasteiger partial charge in [0.05, 0.1) is 22.8 Å². The fourth-order valence-corrected chi connectivity index (χ4v) is 3.61. The number of carbonyl (C=O) groups is 1. The van der Waals surface area contributed by atoms with Crippen LogP contribution in [-0.2, 0) is 6.18 Å². The summed E-state index contributed by atoms with van der Waals surface area (Å²) in [6, 6.07) is 7.27. The number of aliphatic imine (C=N–C) groups is 1. The minimum Gasteiger partial charge on any atom is -0.307 e. The molecule has 2 aromatic rings. The van der Waals surface area contributed by atoms with Gasteiger partial charge in [0.15, 0.2) is 5.17 Å². The van der Waals surface area contributed by atoms with Crippen LogP contribution < -0.4 is 10.2 Å². The lowest BCUT2D eigenvalue weighted by Gasteiger charge is -2.23. The maximum Gasteiger partial charge on any atom is 0.416 e. The fourth-order valence-electron chi connectivity index (χ4n) is 2.47. The van der Waals surface area contributed by atoms with Crippen molar-refractivity contribution in [3.63, 3.8) is 0 Å². The predicted octanol–water partition coefficient (Wildman–Crippen LogP) is 6.03. The number of halogens is 5. The van der Waals surface area contributed by atoms with Crippen molar-refractivity contribution in [1.82, 2.24) is 0 Å². The Balaban J connectivity index is 1.95. The molecule has 4 nitrogen and oxygen atoms in total. The van der Waals surface area contributed by atoms with Crippen LogP contribution in [0, 0.1) is 5.82 Å². The first kappa shape index (κ1) is 20.5. The fraction of sp³-hybridized carbons (Fsp3) is 0.222. The van der Waals surface area contributed by atoms with Gasteiger partial charge in [-0.05, 0) is 36.4 Å². The van der Waals surface area contributed by atoms with Crippen LogP contribution in [0.4, 0.5) is 33.7 Å². The van der Waals surface area contributed by atoms with E-state index in [4.69, 9.17) is 11.6 Å². The van der Waals surface area contributed by atoms with Gasteiger partial charge in [0.25, 0.3) is 0 Å². The summed E-state index contributed by atoms with van der Waals surface area (Å²) < 4.78 is 52.6. The third-order valence-electron chi connectivity index (χ3n) is 3.79. The molecule has 0 spiro atoms. The Kier molecular flexibility index (Phi) is 5.85. The second-order valence-corrected chi connectivity index (χ2v) is 7.81.